The molecule has 1 aromatic rings. The molecule has 0 aromatic carbocycles. The molecule has 2 rings (SSSR count). The average Bonchev–Trinajstić information content (AvgIpc) is 2.46. The van der Waals surface area contributed by atoms with Crippen LogP contribution in [-0.2, 0) is 14.3 Å². The normalized spacial score (nSPS) is 18.8. The van der Waals surface area contributed by atoms with E-state index in [1.807, 2.05) is 6.92 Å². The van der Waals surface area contributed by atoms with Crippen LogP contribution in [0.3, 0.4) is 0 Å². The molecular formula is C13H15N3O3. The number of pyridine rings is 1. The van der Waals surface area contributed by atoms with Crippen molar-refractivity contribution < 1.29 is 14.3 Å². The molecule has 0 spiro atoms. The molecule has 0 amide bonds. The Morgan fingerprint density at radius 1 is 1.63 bits per heavy atom. The molecule has 1 atom stereocenters. The van der Waals surface area contributed by atoms with E-state index < -0.39 is 6.04 Å². The lowest BCUT2D eigenvalue weighted by Crippen LogP contribution is -2.51. The number of morpholine rings is 1. The molecule has 2 heterocycles. The van der Waals surface area contributed by atoms with Gasteiger partial charge in [0, 0.05) is 12.2 Å². The number of esters is 1. The molecule has 0 radical (unpaired) electrons. The number of aromatic nitrogens is 1. The van der Waals surface area contributed by atoms with E-state index in [-0.39, 0.29) is 12.6 Å². The largest absolute Gasteiger partial charge is 0.467 e. The summed E-state index contributed by atoms with van der Waals surface area (Å²) in [5, 5.41) is 9.16. The summed E-state index contributed by atoms with van der Waals surface area (Å²) in [5.74, 6) is 0.132. The number of nitrogens with zero attached hydrogens (tertiary/aromatic N) is 3. The van der Waals surface area contributed by atoms with Gasteiger partial charge in [-0.1, -0.05) is 0 Å². The van der Waals surface area contributed by atoms with Crippen molar-refractivity contribution in [1.82, 2.24) is 4.98 Å². The Balaban J connectivity index is 2.40. The summed E-state index contributed by atoms with van der Waals surface area (Å²) < 4.78 is 10.1. The first-order valence-corrected chi connectivity index (χ1v) is 5.97. The summed E-state index contributed by atoms with van der Waals surface area (Å²) in [5.41, 5.74) is 1.24. The maximum atomic E-state index is 11.8. The molecule has 1 aliphatic heterocycles. The molecule has 6 nitrogen and oxygen atoms in total. The van der Waals surface area contributed by atoms with Gasteiger partial charge in [-0.3, -0.25) is 0 Å². The molecule has 0 bridgehead atoms. The van der Waals surface area contributed by atoms with Crippen molar-refractivity contribution in [3.63, 3.8) is 0 Å². The van der Waals surface area contributed by atoms with Crippen LogP contribution < -0.4 is 4.90 Å². The molecule has 1 aliphatic rings. The van der Waals surface area contributed by atoms with Crippen LogP contribution in [0.1, 0.15) is 11.3 Å². The van der Waals surface area contributed by atoms with Crippen molar-refractivity contribution in [3.05, 3.63) is 23.4 Å². The number of nitriles is 1. The maximum Gasteiger partial charge on any atom is 0.330 e. The number of anilines is 1. The highest BCUT2D eigenvalue weighted by atomic mass is 16.5. The number of rotatable bonds is 2. The summed E-state index contributed by atoms with van der Waals surface area (Å²) in [7, 11) is 1.34. The summed E-state index contributed by atoms with van der Waals surface area (Å²) in [6.07, 6.45) is 0. The second-order valence-corrected chi connectivity index (χ2v) is 4.24. The Hall–Kier alpha value is -2.13. The van der Waals surface area contributed by atoms with Gasteiger partial charge in [-0.2, -0.15) is 5.26 Å². The number of aryl methyl sites for hydroxylation is 1. The second kappa shape index (κ2) is 5.67. The van der Waals surface area contributed by atoms with Crippen LogP contribution in [0.4, 0.5) is 5.82 Å². The van der Waals surface area contributed by atoms with Gasteiger partial charge in [0.25, 0.3) is 0 Å². The third-order valence-electron chi connectivity index (χ3n) is 3.01. The van der Waals surface area contributed by atoms with E-state index in [0.717, 1.165) is 5.69 Å². The van der Waals surface area contributed by atoms with Crippen LogP contribution in [0.2, 0.25) is 0 Å². The van der Waals surface area contributed by atoms with Crippen molar-refractivity contribution in [1.29, 1.82) is 5.26 Å². The molecule has 100 valence electrons. The van der Waals surface area contributed by atoms with Crippen LogP contribution >= 0.6 is 0 Å². The smallest absolute Gasteiger partial charge is 0.330 e. The zero-order valence-electron chi connectivity index (χ0n) is 10.9. The first-order chi connectivity index (χ1) is 9.17. The number of carbonyl (C=O) groups excluding carboxylic acids is 1. The number of carbonyl (C=O) groups is 1. The quantitative estimate of drug-likeness (QED) is 0.727. The molecule has 1 aromatic heterocycles. The molecule has 0 saturated carbocycles. The van der Waals surface area contributed by atoms with Gasteiger partial charge in [0.05, 0.1) is 25.9 Å². The van der Waals surface area contributed by atoms with Gasteiger partial charge in [-0.25, -0.2) is 9.78 Å². The van der Waals surface area contributed by atoms with Crippen molar-refractivity contribution in [2.24, 2.45) is 0 Å². The lowest BCUT2D eigenvalue weighted by atomic mass is 10.1. The predicted molar refractivity (Wildman–Crippen MR) is 67.7 cm³/mol. The van der Waals surface area contributed by atoms with Crippen molar-refractivity contribution in [2.75, 3.05) is 31.8 Å². The minimum absolute atomic E-state index is 0.243. The maximum absolute atomic E-state index is 11.8. The van der Waals surface area contributed by atoms with Crippen molar-refractivity contribution >= 4 is 11.8 Å². The molecule has 6 heteroatoms. The van der Waals surface area contributed by atoms with E-state index in [2.05, 4.69) is 11.1 Å². The average molecular weight is 261 g/mol. The first kappa shape index (κ1) is 13.3. The van der Waals surface area contributed by atoms with E-state index in [4.69, 9.17) is 14.7 Å². The summed E-state index contributed by atoms with van der Waals surface area (Å²) >= 11 is 0. The third kappa shape index (κ3) is 2.66. The van der Waals surface area contributed by atoms with Crippen LogP contribution in [0, 0.1) is 18.3 Å². The van der Waals surface area contributed by atoms with E-state index in [0.29, 0.717) is 24.5 Å². The van der Waals surface area contributed by atoms with Gasteiger partial charge in [-0.05, 0) is 19.1 Å². The number of methoxy groups -OCH3 is 1. The second-order valence-electron chi connectivity index (χ2n) is 4.24. The highest BCUT2D eigenvalue weighted by Crippen LogP contribution is 2.22. The summed E-state index contributed by atoms with van der Waals surface area (Å²) in [6, 6.07) is 5.03. The van der Waals surface area contributed by atoms with Crippen molar-refractivity contribution in [2.45, 2.75) is 13.0 Å². The van der Waals surface area contributed by atoms with Gasteiger partial charge < -0.3 is 14.4 Å². The van der Waals surface area contributed by atoms with Gasteiger partial charge in [0.15, 0.2) is 6.04 Å². The van der Waals surface area contributed by atoms with E-state index >= 15 is 0 Å². The summed E-state index contributed by atoms with van der Waals surface area (Å²) in [4.78, 5) is 17.9. The van der Waals surface area contributed by atoms with Gasteiger partial charge in [0.2, 0.25) is 0 Å². The Bertz CT molecular complexity index is 524. The van der Waals surface area contributed by atoms with E-state index in [1.54, 1.807) is 17.0 Å². The molecule has 0 N–H and O–H groups in total. The summed E-state index contributed by atoms with van der Waals surface area (Å²) in [6.45, 7) is 3.09. The lowest BCUT2D eigenvalue weighted by molar-refractivity contribution is -0.144. The molecule has 0 aliphatic carbocycles. The van der Waals surface area contributed by atoms with Crippen LogP contribution in [0.15, 0.2) is 12.1 Å². The Labute approximate surface area is 111 Å². The zero-order valence-corrected chi connectivity index (χ0v) is 10.9. The fraction of sp³-hybridized carbons (Fsp3) is 0.462. The zero-order chi connectivity index (χ0) is 13.8. The minimum Gasteiger partial charge on any atom is -0.467 e. The molecule has 1 fully saturated rings. The monoisotopic (exact) mass is 261 g/mol. The first-order valence-electron chi connectivity index (χ1n) is 5.97. The molecule has 1 saturated heterocycles. The fourth-order valence-electron chi connectivity index (χ4n) is 2.04. The number of hydrogen-bond acceptors (Lipinski definition) is 6. The fourth-order valence-corrected chi connectivity index (χ4v) is 2.04. The predicted octanol–water partition coefficient (Wildman–Crippen LogP) is 0.640. The highest BCUT2D eigenvalue weighted by Gasteiger charge is 2.32. The Morgan fingerprint density at radius 3 is 3.11 bits per heavy atom. The Morgan fingerprint density at radius 2 is 2.42 bits per heavy atom. The van der Waals surface area contributed by atoms with E-state index in [1.165, 1.54) is 7.11 Å². The van der Waals surface area contributed by atoms with Crippen LogP contribution in [0.25, 0.3) is 0 Å². The topological polar surface area (TPSA) is 75.5 Å². The molecular weight excluding hydrogens is 246 g/mol. The van der Waals surface area contributed by atoms with E-state index in [9.17, 15) is 4.79 Å². The van der Waals surface area contributed by atoms with Crippen LogP contribution in [-0.4, -0.2) is 43.9 Å². The van der Waals surface area contributed by atoms with Gasteiger partial charge in [-0.15, -0.1) is 0 Å². The van der Waals surface area contributed by atoms with Gasteiger partial charge in [0.1, 0.15) is 11.9 Å². The number of hydrogen-bond donors (Lipinski definition) is 0. The molecule has 1 unspecified atom stereocenters. The SMILES string of the molecule is COC(=O)C1COCCN1c1nc(C)ccc1C#N. The number of ether oxygens (including phenoxy) is 2. The highest BCUT2D eigenvalue weighted by molar-refractivity contribution is 5.80. The third-order valence-corrected chi connectivity index (χ3v) is 3.01. The Kier molecular flexibility index (Phi) is 3.97. The minimum atomic E-state index is -0.555. The van der Waals surface area contributed by atoms with Crippen LogP contribution in [0.5, 0.6) is 0 Å². The standard InChI is InChI=1S/C13H15N3O3/c1-9-3-4-10(7-14)12(15-9)16-5-6-19-8-11(16)13(17)18-2/h3-4,11H,5-6,8H2,1-2H3. The molecule has 19 heavy (non-hydrogen) atoms. The lowest BCUT2D eigenvalue weighted by Gasteiger charge is -2.35. The van der Waals surface area contributed by atoms with Crippen molar-refractivity contribution in [3.8, 4) is 6.07 Å². The van der Waals surface area contributed by atoms with Gasteiger partial charge >= 0.3 is 5.97 Å².